The molecule has 1 aliphatic rings. The topological polar surface area (TPSA) is 60.6 Å². The largest absolute Gasteiger partial charge is 0.489 e. The highest BCUT2D eigenvalue weighted by molar-refractivity contribution is 5.19. The van der Waals surface area contributed by atoms with E-state index in [1.165, 1.54) is 0 Å². The Bertz CT molecular complexity index is 342. The molecule has 1 atom stereocenters. The van der Waals surface area contributed by atoms with Crippen molar-refractivity contribution in [3.63, 3.8) is 0 Å². The molecule has 1 fully saturated rings. The minimum absolute atomic E-state index is 0.142. The molecule has 17 heavy (non-hydrogen) atoms. The lowest BCUT2D eigenvalue weighted by atomic mass is 10.3. The first-order chi connectivity index (χ1) is 8.28. The molecule has 2 rings (SSSR count). The zero-order chi connectivity index (χ0) is 12.1. The maximum atomic E-state index is 5.64. The van der Waals surface area contributed by atoms with E-state index in [1.807, 2.05) is 12.1 Å². The monoisotopic (exact) mass is 237 g/mol. The van der Waals surface area contributed by atoms with Gasteiger partial charge in [-0.2, -0.15) is 0 Å². The number of ether oxygens (including phenoxy) is 2. The van der Waals surface area contributed by atoms with E-state index < -0.39 is 0 Å². The molecule has 1 saturated heterocycles. The van der Waals surface area contributed by atoms with Crippen molar-refractivity contribution in [1.29, 1.82) is 0 Å². The fraction of sp³-hybridized carbons (Fsp3) is 0.583. The van der Waals surface area contributed by atoms with Gasteiger partial charge in [0.25, 0.3) is 0 Å². The van der Waals surface area contributed by atoms with Gasteiger partial charge in [0, 0.05) is 19.6 Å². The summed E-state index contributed by atoms with van der Waals surface area (Å²) in [7, 11) is 2.09. The molecule has 94 valence electrons. The summed E-state index contributed by atoms with van der Waals surface area (Å²) in [5, 5.41) is 0. The van der Waals surface area contributed by atoms with Gasteiger partial charge in [0.1, 0.15) is 18.5 Å². The molecular formula is C12H19N3O2. The third-order valence-electron chi connectivity index (χ3n) is 2.78. The van der Waals surface area contributed by atoms with Crippen LogP contribution >= 0.6 is 0 Å². The van der Waals surface area contributed by atoms with E-state index in [0.29, 0.717) is 13.2 Å². The highest BCUT2D eigenvalue weighted by atomic mass is 16.5. The van der Waals surface area contributed by atoms with Crippen LogP contribution in [0, 0.1) is 0 Å². The van der Waals surface area contributed by atoms with Crippen LogP contribution in [0.25, 0.3) is 0 Å². The second kappa shape index (κ2) is 5.95. The van der Waals surface area contributed by atoms with Crippen LogP contribution in [-0.2, 0) is 11.3 Å². The highest BCUT2D eigenvalue weighted by Gasteiger charge is 2.18. The average Bonchev–Trinajstić information content (AvgIpc) is 2.37. The predicted molar refractivity (Wildman–Crippen MR) is 64.9 cm³/mol. The molecular weight excluding hydrogens is 218 g/mol. The van der Waals surface area contributed by atoms with Crippen molar-refractivity contribution < 1.29 is 9.47 Å². The van der Waals surface area contributed by atoms with Gasteiger partial charge in [-0.25, -0.2) is 0 Å². The molecule has 1 unspecified atom stereocenters. The predicted octanol–water partition coefficient (Wildman–Crippen LogP) is 0.250. The molecule has 0 spiro atoms. The average molecular weight is 237 g/mol. The van der Waals surface area contributed by atoms with E-state index in [9.17, 15) is 0 Å². The number of aromatic nitrogens is 1. The van der Waals surface area contributed by atoms with Crippen LogP contribution in [-0.4, -0.2) is 49.3 Å². The van der Waals surface area contributed by atoms with E-state index in [0.717, 1.165) is 31.1 Å². The van der Waals surface area contributed by atoms with E-state index in [1.54, 1.807) is 6.20 Å². The summed E-state index contributed by atoms with van der Waals surface area (Å²) >= 11 is 0. The summed E-state index contributed by atoms with van der Waals surface area (Å²) in [6, 6.07) is 3.77. The Balaban J connectivity index is 1.80. The minimum atomic E-state index is 0.142. The summed E-state index contributed by atoms with van der Waals surface area (Å²) in [4.78, 5) is 6.42. The third-order valence-corrected chi connectivity index (χ3v) is 2.78. The van der Waals surface area contributed by atoms with Gasteiger partial charge in [-0.05, 0) is 19.2 Å². The number of rotatable bonds is 4. The van der Waals surface area contributed by atoms with Crippen molar-refractivity contribution >= 4 is 0 Å². The van der Waals surface area contributed by atoms with Gasteiger partial charge >= 0.3 is 0 Å². The van der Waals surface area contributed by atoms with Gasteiger partial charge in [0.2, 0.25) is 0 Å². The Hall–Kier alpha value is -1.17. The zero-order valence-electron chi connectivity index (χ0n) is 10.1. The van der Waals surface area contributed by atoms with Crippen LogP contribution in [0.1, 0.15) is 5.69 Å². The van der Waals surface area contributed by atoms with Crippen LogP contribution in [0.2, 0.25) is 0 Å². The van der Waals surface area contributed by atoms with Gasteiger partial charge in [-0.1, -0.05) is 0 Å². The van der Waals surface area contributed by atoms with Crippen LogP contribution in [0.5, 0.6) is 5.75 Å². The quantitative estimate of drug-likeness (QED) is 0.813. The summed E-state index contributed by atoms with van der Waals surface area (Å²) in [6.07, 6.45) is 1.84. The zero-order valence-corrected chi connectivity index (χ0v) is 10.1. The van der Waals surface area contributed by atoms with Crippen LogP contribution < -0.4 is 10.5 Å². The standard InChI is InChI=1S/C12H19N3O2/c1-15-4-5-16-12(8-15)9-17-11-3-2-10(6-13)14-7-11/h2-3,7,12H,4-6,8-9,13H2,1H3. The second-order valence-corrected chi connectivity index (χ2v) is 4.26. The molecule has 2 heterocycles. The molecule has 5 heteroatoms. The number of pyridine rings is 1. The Labute approximate surface area is 102 Å². The molecule has 0 aromatic carbocycles. The number of morpholine rings is 1. The number of likely N-dealkylation sites (N-methyl/N-ethyl adjacent to an activating group) is 1. The fourth-order valence-electron chi connectivity index (χ4n) is 1.77. The van der Waals surface area contributed by atoms with Crippen molar-refractivity contribution in [3.8, 4) is 5.75 Å². The first-order valence-corrected chi connectivity index (χ1v) is 5.86. The Kier molecular flexibility index (Phi) is 4.30. The van der Waals surface area contributed by atoms with Crippen LogP contribution in [0.15, 0.2) is 18.3 Å². The lowest BCUT2D eigenvalue weighted by Gasteiger charge is -2.29. The lowest BCUT2D eigenvalue weighted by Crippen LogP contribution is -2.42. The maximum Gasteiger partial charge on any atom is 0.137 e. The third kappa shape index (κ3) is 3.66. The van der Waals surface area contributed by atoms with E-state index in [4.69, 9.17) is 15.2 Å². The molecule has 1 aliphatic heterocycles. The normalized spacial score (nSPS) is 21.4. The molecule has 5 nitrogen and oxygen atoms in total. The minimum Gasteiger partial charge on any atom is -0.489 e. The highest BCUT2D eigenvalue weighted by Crippen LogP contribution is 2.11. The van der Waals surface area contributed by atoms with E-state index >= 15 is 0 Å². The molecule has 0 bridgehead atoms. The van der Waals surface area contributed by atoms with Crippen molar-refractivity contribution in [2.75, 3.05) is 33.4 Å². The van der Waals surface area contributed by atoms with E-state index in [-0.39, 0.29) is 6.10 Å². The summed E-state index contributed by atoms with van der Waals surface area (Å²) in [5.41, 5.74) is 6.34. The van der Waals surface area contributed by atoms with Crippen LogP contribution in [0.3, 0.4) is 0 Å². The first-order valence-electron chi connectivity index (χ1n) is 5.86. The number of hydrogen-bond donors (Lipinski definition) is 1. The number of nitrogens with zero attached hydrogens (tertiary/aromatic N) is 2. The summed E-state index contributed by atoms with van der Waals surface area (Å²) < 4.78 is 11.2. The van der Waals surface area contributed by atoms with E-state index in [2.05, 4.69) is 16.9 Å². The van der Waals surface area contributed by atoms with Gasteiger partial charge < -0.3 is 20.1 Å². The molecule has 0 aliphatic carbocycles. The van der Waals surface area contributed by atoms with Crippen molar-refractivity contribution in [2.45, 2.75) is 12.6 Å². The van der Waals surface area contributed by atoms with Gasteiger partial charge in [0.15, 0.2) is 0 Å². The summed E-state index contributed by atoms with van der Waals surface area (Å²) in [6.45, 7) is 3.69. The molecule has 0 radical (unpaired) electrons. The Morgan fingerprint density at radius 1 is 1.59 bits per heavy atom. The maximum absolute atomic E-state index is 5.64. The molecule has 0 amide bonds. The SMILES string of the molecule is CN1CCOC(COc2ccc(CN)nc2)C1. The number of hydrogen-bond acceptors (Lipinski definition) is 5. The fourth-order valence-corrected chi connectivity index (χ4v) is 1.77. The lowest BCUT2D eigenvalue weighted by molar-refractivity contribution is -0.0404. The summed E-state index contributed by atoms with van der Waals surface area (Å²) in [5.74, 6) is 0.763. The molecule has 0 saturated carbocycles. The smallest absolute Gasteiger partial charge is 0.137 e. The van der Waals surface area contributed by atoms with Crippen molar-refractivity contribution in [2.24, 2.45) is 5.73 Å². The van der Waals surface area contributed by atoms with Gasteiger partial charge in [-0.15, -0.1) is 0 Å². The molecule has 1 aromatic rings. The second-order valence-electron chi connectivity index (χ2n) is 4.26. The van der Waals surface area contributed by atoms with Crippen LogP contribution in [0.4, 0.5) is 0 Å². The molecule has 2 N–H and O–H groups in total. The number of nitrogens with two attached hydrogens (primary N) is 1. The van der Waals surface area contributed by atoms with Crippen molar-refractivity contribution in [1.82, 2.24) is 9.88 Å². The van der Waals surface area contributed by atoms with Gasteiger partial charge in [0.05, 0.1) is 18.5 Å². The van der Waals surface area contributed by atoms with Crippen molar-refractivity contribution in [3.05, 3.63) is 24.0 Å². The molecule has 1 aromatic heterocycles. The van der Waals surface area contributed by atoms with Gasteiger partial charge in [-0.3, -0.25) is 4.98 Å². The first kappa shape index (κ1) is 12.3. The Morgan fingerprint density at radius 3 is 3.12 bits per heavy atom. The Morgan fingerprint density at radius 2 is 2.47 bits per heavy atom.